The summed E-state index contributed by atoms with van der Waals surface area (Å²) < 4.78 is 23.3. The summed E-state index contributed by atoms with van der Waals surface area (Å²) >= 11 is 0. The number of ether oxygens (including phenoxy) is 4. The average molecular weight is 615 g/mol. The summed E-state index contributed by atoms with van der Waals surface area (Å²) in [6, 6.07) is 12.2. The quantitative estimate of drug-likeness (QED) is 0.0953. The number of methoxy groups -OCH3 is 2. The van der Waals surface area contributed by atoms with E-state index < -0.39 is 14.5 Å². The van der Waals surface area contributed by atoms with Crippen molar-refractivity contribution in [3.05, 3.63) is 83.5 Å². The number of hydrogen-bond donors (Lipinski definition) is 0. The molecule has 4 nitrogen and oxygen atoms in total. The van der Waals surface area contributed by atoms with Crippen LogP contribution in [0.4, 0.5) is 0 Å². The van der Waals surface area contributed by atoms with Crippen LogP contribution < -0.4 is 18.9 Å². The van der Waals surface area contributed by atoms with Crippen LogP contribution in [0.15, 0.2) is 72.4 Å². The Labute approximate surface area is 257 Å². The van der Waals surface area contributed by atoms with Gasteiger partial charge in [-0.25, -0.2) is 0 Å². The van der Waals surface area contributed by atoms with Gasteiger partial charge in [-0.15, -0.1) is 0 Å². The van der Waals surface area contributed by atoms with E-state index in [1.165, 1.54) is 11.7 Å². The van der Waals surface area contributed by atoms with Gasteiger partial charge in [-0.1, -0.05) is 6.92 Å². The molecule has 0 unspecified atom stereocenters. The van der Waals surface area contributed by atoms with E-state index in [1.807, 2.05) is 24.3 Å². The fourth-order valence-corrected chi connectivity index (χ4v) is 6.19. The zero-order chi connectivity index (χ0) is 31.2. The number of benzene rings is 2. The zero-order valence-electron chi connectivity index (χ0n) is 27.6. The van der Waals surface area contributed by atoms with Gasteiger partial charge in [-0.3, -0.25) is 0 Å². The van der Waals surface area contributed by atoms with Crippen molar-refractivity contribution < 1.29 is 18.9 Å². The molecule has 0 amide bonds. The molecule has 2 rings (SSSR count). The van der Waals surface area contributed by atoms with Crippen LogP contribution in [0.1, 0.15) is 37.3 Å². The van der Waals surface area contributed by atoms with Crippen molar-refractivity contribution >= 4 is 26.7 Å². The van der Waals surface area contributed by atoms with Crippen LogP contribution in [0.25, 0.3) is 12.2 Å². The maximum atomic E-state index is 6.03. The molecule has 0 saturated heterocycles. The van der Waals surface area contributed by atoms with E-state index in [9.17, 15) is 0 Å². The third kappa shape index (κ3) is 14.1. The Balaban J connectivity index is 2.01. The molecule has 0 saturated carbocycles. The molecule has 0 fully saturated rings. The first kappa shape index (κ1) is 35.7. The van der Waals surface area contributed by atoms with E-state index >= 15 is 0 Å². The van der Waals surface area contributed by atoms with Crippen LogP contribution >= 0.6 is 14.5 Å². The molecule has 0 aliphatic rings. The molecule has 2 aromatic carbocycles. The predicted octanol–water partition coefficient (Wildman–Crippen LogP) is 9.14. The Morgan fingerprint density at radius 2 is 1.24 bits per heavy atom. The van der Waals surface area contributed by atoms with Crippen LogP contribution in [0.3, 0.4) is 0 Å². The summed E-state index contributed by atoms with van der Waals surface area (Å²) in [6.07, 6.45) is 15.9. The minimum atomic E-state index is -1.14. The van der Waals surface area contributed by atoms with Crippen LogP contribution in [-0.2, 0) is 0 Å². The van der Waals surface area contributed by atoms with E-state index in [0.29, 0.717) is 0 Å². The number of allylic oxidation sites excluding steroid dienone is 5. The molecule has 0 atom stereocenters. The van der Waals surface area contributed by atoms with Gasteiger partial charge in [-0.05, 0) is 0 Å². The monoisotopic (exact) mass is 614 g/mol. The normalized spacial score (nSPS) is 13.4. The Hall–Kier alpha value is -2.54. The van der Waals surface area contributed by atoms with E-state index in [2.05, 4.69) is 96.0 Å². The molecule has 0 heterocycles. The molecule has 0 aromatic heterocycles. The SMILES string of the molecule is C=C(/C=C/c1ccc(OCCC[PH](C)(C)C)c(OC)c1)CC(=C/CC)/C=C/c1ccc(OCC[PH](C)(C)C)c(OC)c1. The molecule has 6 heteroatoms. The third-order valence-electron chi connectivity index (χ3n) is 6.71. The topological polar surface area (TPSA) is 36.9 Å². The number of rotatable bonds is 18. The molecular weight excluding hydrogens is 558 g/mol. The van der Waals surface area contributed by atoms with Gasteiger partial charge in [0, 0.05) is 0 Å². The van der Waals surface area contributed by atoms with E-state index in [0.717, 1.165) is 78.3 Å². The van der Waals surface area contributed by atoms with Crippen molar-refractivity contribution in [2.45, 2.75) is 26.2 Å². The summed E-state index contributed by atoms with van der Waals surface area (Å²) in [7, 11) is 1.19. The van der Waals surface area contributed by atoms with Crippen LogP contribution in [0.2, 0.25) is 0 Å². The first-order valence-electron chi connectivity index (χ1n) is 15.2. The molecule has 0 bridgehead atoms. The van der Waals surface area contributed by atoms with E-state index in [4.69, 9.17) is 18.9 Å². The summed E-state index contributed by atoms with van der Waals surface area (Å²) in [5.74, 6) is 3.12. The molecule has 0 spiro atoms. The second-order valence-corrected chi connectivity index (χ2v) is 24.4. The van der Waals surface area contributed by atoms with Crippen molar-refractivity contribution in [3.8, 4) is 23.0 Å². The minimum absolute atomic E-state index is 0.718. The van der Waals surface area contributed by atoms with Crippen molar-refractivity contribution in [2.75, 3.05) is 79.7 Å². The van der Waals surface area contributed by atoms with Gasteiger partial charge < -0.3 is 0 Å². The fraction of sp³-hybridized carbons (Fsp3) is 0.444. The maximum absolute atomic E-state index is 6.03. The van der Waals surface area contributed by atoms with Gasteiger partial charge in [0.25, 0.3) is 0 Å². The first-order chi connectivity index (χ1) is 19.8. The van der Waals surface area contributed by atoms with Crippen molar-refractivity contribution in [3.63, 3.8) is 0 Å². The molecule has 2 aromatic rings. The van der Waals surface area contributed by atoms with Gasteiger partial charge >= 0.3 is 251 Å². The molecule has 42 heavy (non-hydrogen) atoms. The summed E-state index contributed by atoms with van der Waals surface area (Å²) in [6.45, 7) is 22.2. The van der Waals surface area contributed by atoms with Crippen molar-refractivity contribution in [1.82, 2.24) is 0 Å². The summed E-state index contributed by atoms with van der Waals surface area (Å²) in [5.41, 5.74) is 4.38. The van der Waals surface area contributed by atoms with Crippen LogP contribution in [0.5, 0.6) is 23.0 Å². The Morgan fingerprint density at radius 3 is 1.74 bits per heavy atom. The van der Waals surface area contributed by atoms with Gasteiger partial charge in [0.2, 0.25) is 0 Å². The molecule has 234 valence electrons. The molecule has 0 N–H and O–H groups in total. The Morgan fingerprint density at radius 1 is 0.714 bits per heavy atom. The average Bonchev–Trinajstić information content (AvgIpc) is 2.92. The first-order valence-corrected chi connectivity index (χ1v) is 22.6. The second kappa shape index (κ2) is 17.5. The van der Waals surface area contributed by atoms with Gasteiger partial charge in [0.1, 0.15) is 0 Å². The summed E-state index contributed by atoms with van der Waals surface area (Å²) in [5, 5.41) is 0. The molecular formula is C36H56O4P2. The van der Waals surface area contributed by atoms with Crippen LogP contribution in [0, 0.1) is 0 Å². The van der Waals surface area contributed by atoms with Gasteiger partial charge in [0.05, 0.1) is 0 Å². The standard InChI is InChI=1S/C36H56O4P2/c1-11-13-30(16-17-32-19-21-34(36(28-32)38-4)40-23-25-42(8,9)10)26-29(2)14-15-31-18-20-33(35(27-31)37-3)39-22-12-24-41(5,6)7/h13-21,27-28,41-42H,2,11-12,22-26H2,1,3-10H3/b15-14+,17-16+,30-13+. The van der Waals surface area contributed by atoms with Crippen LogP contribution in [-0.4, -0.2) is 79.7 Å². The summed E-state index contributed by atoms with van der Waals surface area (Å²) in [4.78, 5) is 0. The molecule has 0 aliphatic heterocycles. The number of hydrogen-bond acceptors (Lipinski definition) is 4. The third-order valence-corrected chi connectivity index (χ3v) is 10.3. The fourth-order valence-electron chi connectivity index (χ4n) is 4.27. The van der Waals surface area contributed by atoms with Crippen molar-refractivity contribution in [1.29, 1.82) is 0 Å². The van der Waals surface area contributed by atoms with E-state index in [-0.39, 0.29) is 0 Å². The predicted molar refractivity (Wildman–Crippen MR) is 194 cm³/mol. The Kier molecular flexibility index (Phi) is 14.9. The molecule has 0 aliphatic carbocycles. The van der Waals surface area contributed by atoms with Crippen molar-refractivity contribution in [2.24, 2.45) is 0 Å². The zero-order valence-corrected chi connectivity index (χ0v) is 29.6. The Bertz CT molecular complexity index is 1230. The van der Waals surface area contributed by atoms with E-state index in [1.54, 1.807) is 14.2 Å². The second-order valence-electron chi connectivity index (χ2n) is 13.2. The van der Waals surface area contributed by atoms with Gasteiger partial charge in [0.15, 0.2) is 0 Å². The van der Waals surface area contributed by atoms with Gasteiger partial charge in [-0.2, -0.15) is 0 Å². The molecule has 0 radical (unpaired) electrons.